The fourth-order valence-electron chi connectivity index (χ4n) is 2.89. The summed E-state index contributed by atoms with van der Waals surface area (Å²) in [6.45, 7) is 6.68. The molecule has 0 spiro atoms. The number of nitrogens with one attached hydrogen (secondary N) is 1. The van der Waals surface area contributed by atoms with Gasteiger partial charge in [0.15, 0.2) is 5.17 Å². The van der Waals surface area contributed by atoms with E-state index in [1.807, 2.05) is 0 Å². The summed E-state index contributed by atoms with van der Waals surface area (Å²) in [6, 6.07) is 2.83. The van der Waals surface area contributed by atoms with Gasteiger partial charge >= 0.3 is 5.97 Å². The van der Waals surface area contributed by atoms with Gasteiger partial charge in [-0.05, 0) is 50.3 Å². The minimum Gasteiger partial charge on any atom is -0.462 e. The molecule has 9 heteroatoms. The third-order valence-electron chi connectivity index (χ3n) is 3.97. The lowest BCUT2D eigenvalue weighted by atomic mass is 10.1. The predicted molar refractivity (Wildman–Crippen MR) is 105 cm³/mol. The Labute approximate surface area is 166 Å². The van der Waals surface area contributed by atoms with Crippen LogP contribution in [0.1, 0.15) is 27.2 Å². The zero-order valence-electron chi connectivity index (χ0n) is 14.8. The molecule has 1 N–H and O–H groups in total. The molecule has 1 aromatic rings. The van der Waals surface area contributed by atoms with Gasteiger partial charge in [-0.1, -0.05) is 18.5 Å². The number of fused-ring (bicyclic) bond motifs is 1. The molecule has 2 saturated heterocycles. The first-order valence-electron chi connectivity index (χ1n) is 8.42. The molecule has 0 aromatic heterocycles. The van der Waals surface area contributed by atoms with Gasteiger partial charge in [0.1, 0.15) is 11.5 Å². The van der Waals surface area contributed by atoms with Crippen molar-refractivity contribution in [3.05, 3.63) is 23.0 Å². The number of esters is 1. The van der Waals surface area contributed by atoms with E-state index in [0.717, 1.165) is 18.1 Å². The zero-order valence-corrected chi connectivity index (χ0v) is 17.2. The number of thioether (sulfide) groups is 1. The minimum absolute atomic E-state index is 0.113. The summed E-state index contributed by atoms with van der Waals surface area (Å²) in [5.74, 6) is -0.121. The average molecular weight is 418 g/mol. The van der Waals surface area contributed by atoms with Crippen LogP contribution in [0.15, 0.2) is 22.0 Å². The Bertz CT molecular complexity index is 732. The smallest absolute Gasteiger partial charge is 0.316 e. The lowest BCUT2D eigenvalue weighted by Crippen LogP contribution is -2.30. The van der Waals surface area contributed by atoms with Crippen molar-refractivity contribution < 1.29 is 13.9 Å². The first kappa shape index (κ1) is 19.8. The molecule has 26 heavy (non-hydrogen) atoms. The second-order valence-corrected chi connectivity index (χ2v) is 8.91. The van der Waals surface area contributed by atoms with Gasteiger partial charge in [-0.15, -0.1) is 11.8 Å². The van der Waals surface area contributed by atoms with Crippen molar-refractivity contribution in [2.24, 2.45) is 10.9 Å². The number of hydrogen-bond donors (Lipinski definition) is 1. The van der Waals surface area contributed by atoms with Crippen molar-refractivity contribution >= 4 is 52.1 Å². The van der Waals surface area contributed by atoms with Crippen molar-refractivity contribution in [1.29, 1.82) is 0 Å². The lowest BCUT2D eigenvalue weighted by molar-refractivity contribution is -0.144. The topological polar surface area (TPSA) is 53.9 Å². The number of hydrogen-bond acceptors (Lipinski definition) is 6. The number of nitrogens with zero attached hydrogens (tertiary/aromatic N) is 2. The summed E-state index contributed by atoms with van der Waals surface area (Å²) < 4.78 is 22.8. The number of benzene rings is 1. The summed E-state index contributed by atoms with van der Waals surface area (Å²) in [5, 5.41) is 1.02. The van der Waals surface area contributed by atoms with Gasteiger partial charge in [0.25, 0.3) is 0 Å². The monoisotopic (exact) mass is 417 g/mol. The summed E-state index contributed by atoms with van der Waals surface area (Å²) in [6.07, 6.45) is 1.13. The molecular formula is C17H21ClFN3O2S2. The quantitative estimate of drug-likeness (QED) is 0.434. The summed E-state index contributed by atoms with van der Waals surface area (Å²) in [7, 11) is 0. The van der Waals surface area contributed by atoms with Gasteiger partial charge in [0.2, 0.25) is 0 Å². The van der Waals surface area contributed by atoms with Crippen molar-refractivity contribution in [3.8, 4) is 0 Å². The molecule has 0 aliphatic carbocycles. The van der Waals surface area contributed by atoms with E-state index in [1.165, 1.54) is 29.8 Å². The maximum Gasteiger partial charge on any atom is 0.316 e. The van der Waals surface area contributed by atoms with Crippen LogP contribution in [0.4, 0.5) is 10.1 Å². The highest BCUT2D eigenvalue weighted by Crippen LogP contribution is 2.36. The van der Waals surface area contributed by atoms with Crippen molar-refractivity contribution in [1.82, 2.24) is 9.62 Å². The van der Waals surface area contributed by atoms with Crippen molar-refractivity contribution in [3.63, 3.8) is 0 Å². The van der Waals surface area contributed by atoms with Crippen LogP contribution >= 0.6 is 35.3 Å². The summed E-state index contributed by atoms with van der Waals surface area (Å²) in [5.41, 5.74) is 0.221. The number of carbonyl (C=O) groups excluding carboxylic acids is 1. The van der Waals surface area contributed by atoms with Crippen LogP contribution in [-0.4, -0.2) is 40.6 Å². The first-order chi connectivity index (χ1) is 12.3. The molecule has 0 saturated carbocycles. The predicted octanol–water partition coefficient (Wildman–Crippen LogP) is 4.43. The van der Waals surface area contributed by atoms with E-state index in [2.05, 4.69) is 21.5 Å². The molecule has 142 valence electrons. The van der Waals surface area contributed by atoms with E-state index < -0.39 is 5.82 Å². The number of ether oxygens (including phenoxy) is 1. The van der Waals surface area contributed by atoms with Crippen LogP contribution < -0.4 is 4.72 Å². The maximum absolute atomic E-state index is 14.3. The Morgan fingerprint density at radius 1 is 1.58 bits per heavy atom. The fourth-order valence-corrected chi connectivity index (χ4v) is 4.86. The van der Waals surface area contributed by atoms with Gasteiger partial charge in [-0.25, -0.2) is 14.1 Å². The number of carbonyl (C=O) groups is 1. The lowest BCUT2D eigenvalue weighted by Gasteiger charge is -2.16. The molecule has 2 unspecified atom stereocenters. The molecule has 2 aliphatic rings. The highest BCUT2D eigenvalue weighted by molar-refractivity contribution is 8.12. The van der Waals surface area contributed by atoms with Gasteiger partial charge in [0, 0.05) is 11.4 Å². The normalized spacial score (nSPS) is 23.8. The molecule has 1 aromatic carbocycles. The Hall–Kier alpha value is -0.960. The molecule has 3 rings (SSSR count). The van der Waals surface area contributed by atoms with E-state index >= 15 is 0 Å². The van der Waals surface area contributed by atoms with Crippen LogP contribution in [0.25, 0.3) is 0 Å². The Morgan fingerprint density at radius 2 is 2.35 bits per heavy atom. The number of rotatable bonds is 5. The SMILES string of the molecule is CC1CC2NSC(=Nc3cc(SCC(=O)OC(C)C)c(Cl)cc3F)N2C1. The molecule has 2 heterocycles. The largest absolute Gasteiger partial charge is 0.462 e. The van der Waals surface area contributed by atoms with Gasteiger partial charge < -0.3 is 9.64 Å². The van der Waals surface area contributed by atoms with E-state index in [0.29, 0.717) is 10.8 Å². The second kappa shape index (κ2) is 8.37. The van der Waals surface area contributed by atoms with Crippen molar-refractivity contribution in [2.45, 2.75) is 44.4 Å². The zero-order chi connectivity index (χ0) is 18.8. The van der Waals surface area contributed by atoms with Crippen LogP contribution in [0.3, 0.4) is 0 Å². The first-order valence-corrected chi connectivity index (χ1v) is 10.6. The van der Waals surface area contributed by atoms with E-state index in [4.69, 9.17) is 16.3 Å². The van der Waals surface area contributed by atoms with Crippen LogP contribution in [0.2, 0.25) is 5.02 Å². The second-order valence-electron chi connectivity index (χ2n) is 6.68. The Kier molecular flexibility index (Phi) is 6.37. The third kappa shape index (κ3) is 4.65. The fraction of sp³-hybridized carbons (Fsp3) is 0.529. The van der Waals surface area contributed by atoms with E-state index in [9.17, 15) is 9.18 Å². The van der Waals surface area contributed by atoms with Gasteiger partial charge in [0.05, 0.1) is 23.0 Å². The van der Waals surface area contributed by atoms with E-state index in [1.54, 1.807) is 19.9 Å². The van der Waals surface area contributed by atoms with Gasteiger partial charge in [-0.3, -0.25) is 4.79 Å². The molecule has 2 atom stereocenters. The summed E-state index contributed by atoms with van der Waals surface area (Å²) >= 11 is 8.77. The highest BCUT2D eigenvalue weighted by Gasteiger charge is 2.37. The van der Waals surface area contributed by atoms with Crippen LogP contribution in [0, 0.1) is 11.7 Å². The standard InChI is InChI=1S/C17H21ClFN3O2S2/c1-9(2)24-16(23)8-25-14-6-13(12(19)5-11(14)18)20-17-22-7-10(3)4-15(22)21-26-17/h5-6,9-10,15,21H,4,7-8H2,1-3H3. The Morgan fingerprint density at radius 3 is 3.08 bits per heavy atom. The Balaban J connectivity index is 1.76. The molecule has 0 radical (unpaired) electrons. The number of aliphatic imine (C=N–C) groups is 1. The minimum atomic E-state index is -0.479. The van der Waals surface area contributed by atoms with Crippen LogP contribution in [0.5, 0.6) is 0 Å². The summed E-state index contributed by atoms with van der Waals surface area (Å²) in [4.78, 5) is 19.0. The number of amidine groups is 1. The van der Waals surface area contributed by atoms with Crippen LogP contribution in [-0.2, 0) is 9.53 Å². The van der Waals surface area contributed by atoms with Crippen molar-refractivity contribution in [2.75, 3.05) is 12.3 Å². The van der Waals surface area contributed by atoms with E-state index in [-0.39, 0.29) is 34.7 Å². The average Bonchev–Trinajstić information content (AvgIpc) is 3.08. The highest BCUT2D eigenvalue weighted by atomic mass is 35.5. The molecule has 2 aliphatic heterocycles. The molecule has 5 nitrogen and oxygen atoms in total. The molecule has 0 amide bonds. The van der Waals surface area contributed by atoms with Gasteiger partial charge in [-0.2, -0.15) is 0 Å². The molecular weight excluding hydrogens is 397 g/mol. The molecule has 2 fully saturated rings. The molecule has 0 bridgehead atoms. The third-order valence-corrected chi connectivity index (χ3v) is 6.32. The number of halogens is 2. The maximum atomic E-state index is 14.3.